The summed E-state index contributed by atoms with van der Waals surface area (Å²) < 4.78 is 9.41. The lowest BCUT2D eigenvalue weighted by atomic mass is 9.64. The molecule has 1 aromatic heterocycles. The first kappa shape index (κ1) is 23.7. The minimum atomic E-state index is -0.891. The standard InChI is InChI=1S/C28H33N3O3/c1-3-18-34-26(32)20-30-16-17-31(21(30)2)25-15-14-24(19-25)28(27(29)33,22-10-6-4-7-11-22)23-12-8-5-9-13-23/h4-13,16-17,24-25H,3,14-15,18-20H2,1-2H3,(H-,29,33)/p+1/t24-,25+/m1/s1. The number of rotatable bonds is 9. The molecule has 178 valence electrons. The van der Waals surface area contributed by atoms with Gasteiger partial charge in [-0.05, 0) is 42.7 Å². The van der Waals surface area contributed by atoms with Crippen molar-refractivity contribution in [3.8, 4) is 0 Å². The molecule has 2 aromatic carbocycles. The van der Waals surface area contributed by atoms with E-state index in [0.717, 1.165) is 42.6 Å². The number of primary amides is 1. The van der Waals surface area contributed by atoms with Crippen molar-refractivity contribution in [1.29, 1.82) is 0 Å². The number of amides is 1. The van der Waals surface area contributed by atoms with Gasteiger partial charge in [0.2, 0.25) is 5.91 Å². The van der Waals surface area contributed by atoms with Crippen molar-refractivity contribution in [2.75, 3.05) is 6.61 Å². The van der Waals surface area contributed by atoms with Crippen molar-refractivity contribution < 1.29 is 18.9 Å². The van der Waals surface area contributed by atoms with Gasteiger partial charge >= 0.3 is 5.97 Å². The number of benzene rings is 2. The Morgan fingerprint density at radius 2 is 1.68 bits per heavy atom. The van der Waals surface area contributed by atoms with Crippen molar-refractivity contribution in [3.63, 3.8) is 0 Å². The Labute approximate surface area is 201 Å². The molecule has 1 saturated carbocycles. The number of nitrogens with zero attached hydrogens (tertiary/aromatic N) is 2. The van der Waals surface area contributed by atoms with Gasteiger partial charge in [-0.2, -0.15) is 0 Å². The normalized spacial score (nSPS) is 18.1. The van der Waals surface area contributed by atoms with Crippen LogP contribution in [0.2, 0.25) is 0 Å². The van der Waals surface area contributed by atoms with E-state index in [1.165, 1.54) is 0 Å². The summed E-state index contributed by atoms with van der Waals surface area (Å²) in [6.07, 6.45) is 7.42. The second-order valence-corrected chi connectivity index (χ2v) is 9.17. The highest BCUT2D eigenvalue weighted by molar-refractivity contribution is 5.91. The summed E-state index contributed by atoms with van der Waals surface area (Å²) in [4.78, 5) is 25.4. The summed E-state index contributed by atoms with van der Waals surface area (Å²) in [6, 6.07) is 20.1. The maximum atomic E-state index is 13.3. The molecule has 34 heavy (non-hydrogen) atoms. The molecule has 1 heterocycles. The highest BCUT2D eigenvalue weighted by atomic mass is 16.5. The molecule has 2 N–H and O–H groups in total. The van der Waals surface area contributed by atoms with Gasteiger partial charge in [0.25, 0.3) is 5.82 Å². The van der Waals surface area contributed by atoms with Crippen LogP contribution in [0, 0.1) is 12.8 Å². The molecular weight excluding hydrogens is 426 g/mol. The fourth-order valence-corrected chi connectivity index (χ4v) is 5.60. The molecule has 0 saturated heterocycles. The molecule has 0 unspecified atom stereocenters. The van der Waals surface area contributed by atoms with E-state index in [1.807, 2.05) is 91.5 Å². The van der Waals surface area contributed by atoms with Crippen LogP contribution in [0.4, 0.5) is 0 Å². The first-order chi connectivity index (χ1) is 16.5. The number of esters is 1. The summed E-state index contributed by atoms with van der Waals surface area (Å²) in [7, 11) is 0. The van der Waals surface area contributed by atoms with Crippen LogP contribution in [0.25, 0.3) is 0 Å². The van der Waals surface area contributed by atoms with Gasteiger partial charge in [-0.1, -0.05) is 67.6 Å². The van der Waals surface area contributed by atoms with Crippen LogP contribution in [-0.2, 0) is 26.3 Å². The zero-order valence-corrected chi connectivity index (χ0v) is 20.0. The number of hydrogen-bond acceptors (Lipinski definition) is 3. The second kappa shape index (κ2) is 10.2. The molecular formula is C28H34N3O3+. The number of aromatic nitrogens is 2. The predicted molar refractivity (Wildman–Crippen MR) is 130 cm³/mol. The average molecular weight is 461 g/mol. The van der Waals surface area contributed by atoms with Crippen molar-refractivity contribution in [3.05, 3.63) is 90.0 Å². The van der Waals surface area contributed by atoms with E-state index in [9.17, 15) is 9.59 Å². The van der Waals surface area contributed by atoms with E-state index in [2.05, 4.69) is 4.57 Å². The maximum absolute atomic E-state index is 13.3. The van der Waals surface area contributed by atoms with Crippen molar-refractivity contribution >= 4 is 11.9 Å². The van der Waals surface area contributed by atoms with Crippen LogP contribution < -0.4 is 10.3 Å². The van der Waals surface area contributed by atoms with Crippen molar-refractivity contribution in [2.24, 2.45) is 11.7 Å². The average Bonchev–Trinajstić information content (AvgIpc) is 3.47. The van der Waals surface area contributed by atoms with Gasteiger partial charge in [-0.25, -0.2) is 13.9 Å². The number of carbonyl (C=O) groups is 2. The van der Waals surface area contributed by atoms with Gasteiger partial charge in [0, 0.05) is 6.92 Å². The molecule has 4 rings (SSSR count). The Morgan fingerprint density at radius 3 is 2.24 bits per heavy atom. The Bertz CT molecular complexity index is 1080. The topological polar surface area (TPSA) is 78.2 Å². The fourth-order valence-electron chi connectivity index (χ4n) is 5.60. The number of ether oxygens (including phenoxy) is 1. The minimum Gasteiger partial charge on any atom is -0.463 e. The molecule has 1 aliphatic rings. The largest absolute Gasteiger partial charge is 0.463 e. The molecule has 1 fully saturated rings. The van der Waals surface area contributed by atoms with Gasteiger partial charge < -0.3 is 10.5 Å². The third-order valence-electron chi connectivity index (χ3n) is 7.22. The smallest absolute Gasteiger partial charge is 0.348 e. The Morgan fingerprint density at radius 1 is 1.06 bits per heavy atom. The third kappa shape index (κ3) is 4.37. The van der Waals surface area contributed by atoms with E-state index in [4.69, 9.17) is 10.5 Å². The van der Waals surface area contributed by atoms with Crippen LogP contribution in [0.15, 0.2) is 73.1 Å². The molecule has 0 aliphatic heterocycles. The summed E-state index contributed by atoms with van der Waals surface area (Å²) >= 11 is 0. The van der Waals surface area contributed by atoms with Crippen molar-refractivity contribution in [1.82, 2.24) is 4.57 Å². The Balaban J connectivity index is 1.64. The first-order valence-electron chi connectivity index (χ1n) is 12.1. The van der Waals surface area contributed by atoms with E-state index >= 15 is 0 Å². The number of nitrogens with two attached hydrogens (primary N) is 1. The van der Waals surface area contributed by atoms with E-state index < -0.39 is 5.41 Å². The van der Waals surface area contributed by atoms with Gasteiger partial charge in [0.15, 0.2) is 6.54 Å². The Hall–Kier alpha value is -3.41. The van der Waals surface area contributed by atoms with Crippen LogP contribution >= 0.6 is 0 Å². The summed E-state index contributed by atoms with van der Waals surface area (Å²) in [5.41, 5.74) is 7.22. The summed E-state index contributed by atoms with van der Waals surface area (Å²) in [5.74, 6) is 0.527. The Kier molecular flexibility index (Phi) is 7.15. The molecule has 1 amide bonds. The zero-order chi connectivity index (χ0) is 24.1. The lowest BCUT2D eigenvalue weighted by molar-refractivity contribution is -0.691. The summed E-state index contributed by atoms with van der Waals surface area (Å²) in [5, 5.41) is 0. The van der Waals surface area contributed by atoms with Gasteiger partial charge in [0.1, 0.15) is 23.9 Å². The lowest BCUT2D eigenvalue weighted by Gasteiger charge is -2.37. The molecule has 1 aliphatic carbocycles. The predicted octanol–water partition coefficient (Wildman–Crippen LogP) is 3.85. The highest BCUT2D eigenvalue weighted by Crippen LogP contribution is 2.49. The fraction of sp³-hybridized carbons (Fsp3) is 0.393. The lowest BCUT2D eigenvalue weighted by Crippen LogP contribution is -2.47. The van der Waals surface area contributed by atoms with Crippen LogP contribution in [-0.4, -0.2) is 23.1 Å². The molecule has 0 spiro atoms. The molecule has 0 bridgehead atoms. The summed E-state index contributed by atoms with van der Waals surface area (Å²) in [6.45, 7) is 4.65. The van der Waals surface area contributed by atoms with E-state index in [0.29, 0.717) is 6.61 Å². The third-order valence-corrected chi connectivity index (χ3v) is 7.22. The van der Waals surface area contributed by atoms with E-state index in [-0.39, 0.29) is 30.4 Å². The molecule has 2 atom stereocenters. The van der Waals surface area contributed by atoms with E-state index in [1.54, 1.807) is 0 Å². The van der Waals surface area contributed by atoms with Gasteiger partial charge in [-0.15, -0.1) is 0 Å². The minimum absolute atomic E-state index is 0.0598. The van der Waals surface area contributed by atoms with Crippen LogP contribution in [0.5, 0.6) is 0 Å². The van der Waals surface area contributed by atoms with Crippen LogP contribution in [0.1, 0.15) is 55.6 Å². The maximum Gasteiger partial charge on any atom is 0.348 e. The molecule has 6 heteroatoms. The monoisotopic (exact) mass is 460 g/mol. The highest BCUT2D eigenvalue weighted by Gasteiger charge is 2.51. The zero-order valence-electron chi connectivity index (χ0n) is 20.0. The molecule has 3 aromatic rings. The first-order valence-corrected chi connectivity index (χ1v) is 12.1. The second-order valence-electron chi connectivity index (χ2n) is 9.17. The van der Waals surface area contributed by atoms with Gasteiger partial charge in [-0.3, -0.25) is 4.79 Å². The molecule has 6 nitrogen and oxygen atoms in total. The number of carbonyl (C=O) groups excluding carboxylic acids is 2. The van der Waals surface area contributed by atoms with Crippen molar-refractivity contribution in [2.45, 2.75) is 57.5 Å². The van der Waals surface area contributed by atoms with Crippen LogP contribution in [0.3, 0.4) is 0 Å². The van der Waals surface area contributed by atoms with Gasteiger partial charge in [0.05, 0.1) is 6.61 Å². The number of imidazole rings is 1. The SMILES string of the molecule is CCCOC(=O)C[n+]1ccn([C@H]2CC[C@@H](C(C(N)=O)(c3ccccc3)c3ccccc3)C2)c1C. The molecule has 0 radical (unpaired) electrons. The quantitative estimate of drug-likeness (QED) is 0.389. The number of hydrogen-bond donors (Lipinski definition) is 1.